The Morgan fingerprint density at radius 1 is 1.09 bits per heavy atom. The van der Waals surface area contributed by atoms with E-state index in [0.717, 1.165) is 17.9 Å². The molecule has 0 N–H and O–H groups in total. The molecular formula is C20H25NO. The van der Waals surface area contributed by atoms with Gasteiger partial charge in [0.05, 0.1) is 0 Å². The summed E-state index contributed by atoms with van der Waals surface area (Å²) in [6, 6.07) is 6.49. The van der Waals surface area contributed by atoms with Gasteiger partial charge >= 0.3 is 0 Å². The quantitative estimate of drug-likeness (QED) is 0.788. The Morgan fingerprint density at radius 2 is 1.95 bits per heavy atom. The molecule has 3 aliphatic heterocycles. The lowest BCUT2D eigenvalue weighted by atomic mass is 9.62. The van der Waals surface area contributed by atoms with Crippen molar-refractivity contribution in [3.8, 4) is 0 Å². The number of hydrogen-bond donors (Lipinski definition) is 0. The summed E-state index contributed by atoms with van der Waals surface area (Å²) >= 11 is 0. The van der Waals surface area contributed by atoms with Crippen molar-refractivity contribution in [1.29, 1.82) is 0 Å². The van der Waals surface area contributed by atoms with Gasteiger partial charge in [-0.05, 0) is 80.5 Å². The van der Waals surface area contributed by atoms with Gasteiger partial charge in [0.2, 0.25) is 0 Å². The summed E-state index contributed by atoms with van der Waals surface area (Å²) in [7, 11) is 0. The van der Waals surface area contributed by atoms with E-state index in [1.165, 1.54) is 62.9 Å². The first kappa shape index (κ1) is 13.3. The van der Waals surface area contributed by atoms with Gasteiger partial charge in [0.25, 0.3) is 0 Å². The molecule has 2 heteroatoms. The monoisotopic (exact) mass is 295 g/mol. The molecule has 1 aromatic rings. The molecular weight excluding hydrogens is 270 g/mol. The van der Waals surface area contributed by atoms with Crippen molar-refractivity contribution in [2.45, 2.75) is 44.4 Å². The Morgan fingerprint density at radius 3 is 2.73 bits per heavy atom. The number of carbonyl (C=O) groups is 1. The van der Waals surface area contributed by atoms with Gasteiger partial charge in [0.1, 0.15) is 0 Å². The van der Waals surface area contributed by atoms with Crippen LogP contribution in [0.4, 0.5) is 0 Å². The molecule has 3 heterocycles. The largest absolute Gasteiger partial charge is 0.303 e. The van der Waals surface area contributed by atoms with Gasteiger partial charge in [-0.1, -0.05) is 18.2 Å². The van der Waals surface area contributed by atoms with E-state index in [1.807, 2.05) is 0 Å². The Balaban J connectivity index is 1.53. The average Bonchev–Trinajstić information content (AvgIpc) is 2.59. The van der Waals surface area contributed by atoms with E-state index >= 15 is 0 Å². The van der Waals surface area contributed by atoms with Crippen LogP contribution in [0, 0.1) is 17.8 Å². The Labute approximate surface area is 132 Å². The normalized spacial score (nSPS) is 39.6. The van der Waals surface area contributed by atoms with Gasteiger partial charge in [-0.3, -0.25) is 4.79 Å². The maximum atomic E-state index is 13.2. The molecule has 1 unspecified atom stereocenters. The lowest BCUT2D eigenvalue weighted by Crippen LogP contribution is -2.52. The minimum absolute atomic E-state index is 0.305. The number of ketones is 1. The maximum Gasteiger partial charge on any atom is 0.166 e. The highest BCUT2D eigenvalue weighted by Gasteiger charge is 2.45. The van der Waals surface area contributed by atoms with Crippen molar-refractivity contribution < 1.29 is 4.79 Å². The highest BCUT2D eigenvalue weighted by Crippen LogP contribution is 2.48. The first-order chi connectivity index (χ1) is 10.8. The second kappa shape index (κ2) is 4.92. The highest BCUT2D eigenvalue weighted by atomic mass is 16.1. The van der Waals surface area contributed by atoms with Crippen LogP contribution in [0.25, 0.3) is 0 Å². The molecule has 3 fully saturated rings. The van der Waals surface area contributed by atoms with Crippen molar-refractivity contribution in [2.75, 3.05) is 19.6 Å². The fourth-order valence-corrected chi connectivity index (χ4v) is 5.90. The summed E-state index contributed by atoms with van der Waals surface area (Å²) in [5.74, 6) is 2.90. The minimum Gasteiger partial charge on any atom is -0.303 e. The van der Waals surface area contributed by atoms with Crippen LogP contribution in [0.3, 0.4) is 0 Å². The van der Waals surface area contributed by atoms with Crippen LogP contribution in [0.1, 0.15) is 59.5 Å². The smallest absolute Gasteiger partial charge is 0.166 e. The van der Waals surface area contributed by atoms with Crippen LogP contribution in [-0.2, 0) is 6.42 Å². The molecule has 0 amide bonds. The van der Waals surface area contributed by atoms with Gasteiger partial charge in [-0.25, -0.2) is 0 Å². The second-order valence-electron chi connectivity index (χ2n) is 7.98. The van der Waals surface area contributed by atoms with Gasteiger partial charge in [-0.15, -0.1) is 0 Å². The number of carbonyl (C=O) groups excluding carboxylic acids is 1. The summed E-state index contributed by atoms with van der Waals surface area (Å²) in [4.78, 5) is 15.8. The molecule has 0 radical (unpaired) electrons. The number of hydrogen-bond acceptors (Lipinski definition) is 2. The average molecular weight is 295 g/mol. The summed E-state index contributed by atoms with van der Waals surface area (Å²) in [5, 5.41) is 0. The first-order valence-corrected chi connectivity index (χ1v) is 9.19. The molecule has 2 nitrogen and oxygen atoms in total. The van der Waals surface area contributed by atoms with Crippen LogP contribution in [0.15, 0.2) is 18.2 Å². The lowest BCUT2D eigenvalue weighted by molar-refractivity contribution is 0.0145. The molecule has 3 atom stereocenters. The third-order valence-electron chi connectivity index (χ3n) is 6.97. The number of fused-ring (bicyclic) bond motifs is 3. The molecule has 0 saturated carbocycles. The van der Waals surface area contributed by atoms with E-state index in [1.54, 1.807) is 0 Å². The van der Waals surface area contributed by atoms with Crippen LogP contribution in [0.5, 0.6) is 0 Å². The van der Waals surface area contributed by atoms with E-state index < -0.39 is 0 Å². The summed E-state index contributed by atoms with van der Waals surface area (Å²) in [6.45, 7) is 3.72. The summed E-state index contributed by atoms with van der Waals surface area (Å²) in [6.07, 6.45) is 7.57. The number of benzene rings is 1. The zero-order valence-corrected chi connectivity index (χ0v) is 13.3. The Kier molecular flexibility index (Phi) is 2.98. The van der Waals surface area contributed by atoms with Crippen molar-refractivity contribution in [3.05, 3.63) is 34.9 Å². The predicted octanol–water partition coefficient (Wildman–Crippen LogP) is 3.65. The van der Waals surface area contributed by atoms with Crippen LogP contribution in [0.2, 0.25) is 0 Å². The molecule has 5 aliphatic rings. The van der Waals surface area contributed by atoms with Gasteiger partial charge in [0, 0.05) is 18.0 Å². The van der Waals surface area contributed by atoms with E-state index in [2.05, 4.69) is 23.1 Å². The third-order valence-corrected chi connectivity index (χ3v) is 6.97. The predicted molar refractivity (Wildman–Crippen MR) is 87.2 cm³/mol. The molecule has 2 aliphatic carbocycles. The van der Waals surface area contributed by atoms with Crippen molar-refractivity contribution >= 4 is 5.78 Å². The van der Waals surface area contributed by atoms with E-state index in [-0.39, 0.29) is 0 Å². The van der Waals surface area contributed by atoms with E-state index in [4.69, 9.17) is 0 Å². The van der Waals surface area contributed by atoms with Crippen LogP contribution >= 0.6 is 0 Å². The molecule has 2 bridgehead atoms. The molecule has 3 saturated heterocycles. The second-order valence-corrected chi connectivity index (χ2v) is 7.98. The van der Waals surface area contributed by atoms with Gasteiger partial charge in [0.15, 0.2) is 5.78 Å². The number of piperidine rings is 3. The fraction of sp³-hybridized carbons (Fsp3) is 0.650. The maximum absolute atomic E-state index is 13.2. The topological polar surface area (TPSA) is 20.3 Å². The Bertz CT molecular complexity index is 614. The minimum atomic E-state index is 0.305. The third kappa shape index (κ3) is 1.86. The number of aryl methyl sites for hydroxylation is 1. The van der Waals surface area contributed by atoms with E-state index in [9.17, 15) is 4.79 Å². The number of rotatable bonds is 1. The number of Topliss-reactive ketones (excluding diaryl/α,β-unsaturated/α-hetero) is 1. The van der Waals surface area contributed by atoms with E-state index in [0.29, 0.717) is 23.5 Å². The molecule has 0 aromatic heterocycles. The molecule has 6 rings (SSSR count). The van der Waals surface area contributed by atoms with Crippen molar-refractivity contribution in [2.24, 2.45) is 17.8 Å². The van der Waals surface area contributed by atoms with Crippen molar-refractivity contribution in [1.82, 2.24) is 4.90 Å². The highest BCUT2D eigenvalue weighted by molar-refractivity contribution is 6.01. The van der Waals surface area contributed by atoms with Gasteiger partial charge in [-0.2, -0.15) is 0 Å². The molecule has 0 spiro atoms. The van der Waals surface area contributed by atoms with Crippen LogP contribution in [-0.4, -0.2) is 30.3 Å². The van der Waals surface area contributed by atoms with Crippen molar-refractivity contribution in [3.63, 3.8) is 0 Å². The van der Waals surface area contributed by atoms with Crippen LogP contribution < -0.4 is 0 Å². The molecule has 22 heavy (non-hydrogen) atoms. The SMILES string of the molecule is O=C1c2cccc3c2[C@H](CCC3)CC1[C@@H]1CN2CCC1CC2. The molecule has 1 aromatic carbocycles. The summed E-state index contributed by atoms with van der Waals surface area (Å²) < 4.78 is 0. The fourth-order valence-electron chi connectivity index (χ4n) is 5.90. The lowest BCUT2D eigenvalue weighted by Gasteiger charge is -2.49. The first-order valence-electron chi connectivity index (χ1n) is 9.19. The standard InChI is InChI=1S/C20H25NO/c22-20-16-6-2-4-14-3-1-5-15(19(14)16)11-17(20)18-12-21-9-7-13(18)8-10-21/h2,4,6,13,15,17-18H,1,3,5,7-12H2/t15-,17?,18-/m1/s1. The Hall–Kier alpha value is -1.15. The van der Waals surface area contributed by atoms with Gasteiger partial charge < -0.3 is 4.90 Å². The molecule has 116 valence electrons. The zero-order valence-electron chi connectivity index (χ0n) is 13.3. The number of nitrogens with zero attached hydrogens (tertiary/aromatic N) is 1. The zero-order chi connectivity index (χ0) is 14.7. The summed E-state index contributed by atoms with van der Waals surface area (Å²) in [5.41, 5.74) is 4.00.